The van der Waals surface area contributed by atoms with Gasteiger partial charge < -0.3 is 10.2 Å². The molecule has 4 unspecified atom stereocenters. The first kappa shape index (κ1) is 22.6. The van der Waals surface area contributed by atoms with E-state index in [9.17, 15) is 10.2 Å². The van der Waals surface area contributed by atoms with E-state index in [-0.39, 0.29) is 18.1 Å². The molecule has 3 fully saturated rings. The summed E-state index contributed by atoms with van der Waals surface area (Å²) in [6.07, 6.45) is 17.6. The lowest BCUT2D eigenvalue weighted by atomic mass is 9.61. The first-order valence-electron chi connectivity index (χ1n) is 11.9. The van der Waals surface area contributed by atoms with Gasteiger partial charge >= 0.3 is 0 Å². The van der Waals surface area contributed by atoms with Gasteiger partial charge in [0.25, 0.3) is 0 Å². The number of fused-ring (bicyclic) bond motifs is 1. The Kier molecular flexibility index (Phi) is 7.27. The van der Waals surface area contributed by atoms with Crippen molar-refractivity contribution in [1.82, 2.24) is 0 Å². The van der Waals surface area contributed by atoms with Crippen LogP contribution in [-0.2, 0) is 0 Å². The first-order chi connectivity index (χ1) is 13.7. The molecular weight excluding hydrogens is 356 g/mol. The van der Waals surface area contributed by atoms with Gasteiger partial charge in [0.05, 0.1) is 12.2 Å². The molecule has 6 atom stereocenters. The van der Waals surface area contributed by atoms with Crippen LogP contribution in [0.5, 0.6) is 0 Å². The zero-order valence-corrected chi connectivity index (χ0v) is 19.0. The maximum absolute atomic E-state index is 10.2. The lowest BCUT2D eigenvalue weighted by Crippen LogP contribution is -2.35. The molecule has 3 saturated carbocycles. The Morgan fingerprint density at radius 3 is 2.52 bits per heavy atom. The predicted octanol–water partition coefficient (Wildman–Crippen LogP) is 6.37. The molecule has 3 aliphatic rings. The van der Waals surface area contributed by atoms with Crippen LogP contribution in [0.15, 0.2) is 47.6 Å². The van der Waals surface area contributed by atoms with Crippen LogP contribution < -0.4 is 0 Å². The average Bonchev–Trinajstić information content (AvgIpc) is 3.04. The first-order valence-corrected chi connectivity index (χ1v) is 11.9. The molecule has 0 aliphatic heterocycles. The molecule has 0 amide bonds. The van der Waals surface area contributed by atoms with Gasteiger partial charge in [0, 0.05) is 0 Å². The summed E-state index contributed by atoms with van der Waals surface area (Å²) in [4.78, 5) is 0. The molecule has 0 aromatic carbocycles. The van der Waals surface area contributed by atoms with E-state index in [2.05, 4.69) is 52.5 Å². The van der Waals surface area contributed by atoms with E-state index in [0.29, 0.717) is 23.2 Å². The van der Waals surface area contributed by atoms with Crippen molar-refractivity contribution in [3.63, 3.8) is 0 Å². The number of rotatable bonds is 5. The maximum atomic E-state index is 10.2. The Labute approximate surface area is 178 Å². The summed E-state index contributed by atoms with van der Waals surface area (Å²) in [5, 5.41) is 20.3. The third kappa shape index (κ3) is 4.80. The SMILES string of the molecule is C=C1/C(=C\C=C2/CCCC3(C)C2CCC3[C@H](C)/C=C/C(O)C(C)C)CCC[C@@H]1O. The van der Waals surface area contributed by atoms with E-state index >= 15 is 0 Å². The van der Waals surface area contributed by atoms with Gasteiger partial charge in [0.1, 0.15) is 0 Å². The third-order valence-electron chi connectivity index (χ3n) is 8.20. The second-order valence-corrected chi connectivity index (χ2v) is 10.4. The molecule has 3 aliphatic carbocycles. The van der Waals surface area contributed by atoms with E-state index < -0.39 is 0 Å². The van der Waals surface area contributed by atoms with Crippen LogP contribution >= 0.6 is 0 Å². The van der Waals surface area contributed by atoms with Gasteiger partial charge in [-0.3, -0.25) is 0 Å². The predicted molar refractivity (Wildman–Crippen MR) is 122 cm³/mol. The number of hydrogen-bond acceptors (Lipinski definition) is 2. The Hall–Kier alpha value is -1.12. The molecule has 2 nitrogen and oxygen atoms in total. The van der Waals surface area contributed by atoms with Crippen molar-refractivity contribution in [3.05, 3.63) is 47.6 Å². The summed E-state index contributed by atoms with van der Waals surface area (Å²) in [5.74, 6) is 2.14. The lowest BCUT2D eigenvalue weighted by Gasteiger charge is -2.44. The quantitative estimate of drug-likeness (QED) is 0.529. The van der Waals surface area contributed by atoms with Crippen LogP contribution in [0.1, 0.15) is 79.1 Å². The summed E-state index contributed by atoms with van der Waals surface area (Å²) in [5.41, 5.74) is 4.15. The van der Waals surface area contributed by atoms with Gasteiger partial charge in [-0.2, -0.15) is 0 Å². The maximum Gasteiger partial charge on any atom is 0.0787 e. The highest BCUT2D eigenvalue weighted by Gasteiger charge is 2.50. The van der Waals surface area contributed by atoms with Crippen molar-refractivity contribution < 1.29 is 10.2 Å². The molecule has 0 aromatic rings. The largest absolute Gasteiger partial charge is 0.389 e. The van der Waals surface area contributed by atoms with E-state index in [1.165, 1.54) is 37.7 Å². The molecular formula is C27H42O2. The van der Waals surface area contributed by atoms with Crippen molar-refractivity contribution in [2.75, 3.05) is 0 Å². The van der Waals surface area contributed by atoms with Crippen LogP contribution in [0.4, 0.5) is 0 Å². The summed E-state index contributed by atoms with van der Waals surface area (Å²) < 4.78 is 0. The number of hydrogen-bond donors (Lipinski definition) is 2. The molecule has 2 heteroatoms. The fraction of sp³-hybridized carbons (Fsp3) is 0.704. The number of aliphatic hydroxyl groups is 2. The number of aliphatic hydroxyl groups excluding tert-OH is 2. The van der Waals surface area contributed by atoms with Crippen molar-refractivity contribution in [1.29, 1.82) is 0 Å². The molecule has 0 saturated heterocycles. The Morgan fingerprint density at radius 2 is 1.79 bits per heavy atom. The minimum atomic E-state index is -0.352. The van der Waals surface area contributed by atoms with E-state index in [4.69, 9.17) is 0 Å². The van der Waals surface area contributed by atoms with Gasteiger partial charge in [-0.1, -0.05) is 64.2 Å². The molecule has 162 valence electrons. The molecule has 0 heterocycles. The Bertz CT molecular complexity index is 683. The average molecular weight is 399 g/mol. The van der Waals surface area contributed by atoms with E-state index in [0.717, 1.165) is 24.8 Å². The minimum absolute atomic E-state index is 0.274. The van der Waals surface area contributed by atoms with Gasteiger partial charge in [-0.25, -0.2) is 0 Å². The van der Waals surface area contributed by atoms with E-state index in [1.54, 1.807) is 5.57 Å². The highest BCUT2D eigenvalue weighted by molar-refractivity contribution is 5.37. The minimum Gasteiger partial charge on any atom is -0.389 e. The Morgan fingerprint density at radius 1 is 1.03 bits per heavy atom. The molecule has 2 N–H and O–H groups in total. The van der Waals surface area contributed by atoms with Crippen molar-refractivity contribution in [2.24, 2.45) is 29.1 Å². The third-order valence-corrected chi connectivity index (χ3v) is 8.20. The number of allylic oxidation sites excluding steroid dienone is 4. The van der Waals surface area contributed by atoms with Gasteiger partial charge in [0.2, 0.25) is 0 Å². The molecule has 0 spiro atoms. The topological polar surface area (TPSA) is 40.5 Å². The van der Waals surface area contributed by atoms with Crippen molar-refractivity contribution >= 4 is 0 Å². The highest BCUT2D eigenvalue weighted by Crippen LogP contribution is 2.59. The zero-order chi connectivity index (χ0) is 21.2. The standard InChI is InChI=1S/C27H42O2/c1-18(2)25(28)16-11-19(3)23-14-15-24-22(9-7-17-27(23,24)5)13-12-21-8-6-10-26(29)20(21)4/h11-13,16,18-19,23-26,28-29H,4,6-10,14-15,17H2,1-3,5H3/b16-11+,21-12-,22-13+/t19-,23?,24?,25?,26+,27?/m1/s1. The van der Waals surface area contributed by atoms with E-state index in [1.807, 2.05) is 6.08 Å². The smallest absolute Gasteiger partial charge is 0.0787 e. The van der Waals surface area contributed by atoms with Gasteiger partial charge in [0.15, 0.2) is 0 Å². The van der Waals surface area contributed by atoms with Gasteiger partial charge in [-0.15, -0.1) is 0 Å². The Balaban J connectivity index is 1.75. The monoisotopic (exact) mass is 398 g/mol. The van der Waals surface area contributed by atoms with Crippen molar-refractivity contribution in [3.8, 4) is 0 Å². The summed E-state index contributed by atoms with van der Waals surface area (Å²) in [6, 6.07) is 0. The van der Waals surface area contributed by atoms with Crippen molar-refractivity contribution in [2.45, 2.75) is 91.3 Å². The molecule has 3 rings (SSSR count). The molecule has 29 heavy (non-hydrogen) atoms. The highest BCUT2D eigenvalue weighted by atomic mass is 16.3. The summed E-state index contributed by atoms with van der Waals surface area (Å²) in [6.45, 7) is 13.1. The fourth-order valence-corrected chi connectivity index (χ4v) is 6.22. The lowest BCUT2D eigenvalue weighted by molar-refractivity contribution is 0.111. The van der Waals surface area contributed by atoms with Crippen LogP contribution in [0.3, 0.4) is 0 Å². The molecule has 0 radical (unpaired) electrons. The van der Waals surface area contributed by atoms with Crippen LogP contribution in [0, 0.1) is 29.1 Å². The second kappa shape index (κ2) is 9.35. The summed E-state index contributed by atoms with van der Waals surface area (Å²) in [7, 11) is 0. The van der Waals surface area contributed by atoms with Gasteiger partial charge in [-0.05, 0) is 91.6 Å². The second-order valence-electron chi connectivity index (χ2n) is 10.4. The normalized spacial score (nSPS) is 38.2. The molecule has 0 bridgehead atoms. The summed E-state index contributed by atoms with van der Waals surface area (Å²) >= 11 is 0. The van der Waals surface area contributed by atoms with Crippen LogP contribution in [0.2, 0.25) is 0 Å². The molecule has 0 aromatic heterocycles. The van der Waals surface area contributed by atoms with Crippen LogP contribution in [-0.4, -0.2) is 22.4 Å². The fourth-order valence-electron chi connectivity index (χ4n) is 6.22. The van der Waals surface area contributed by atoms with Crippen LogP contribution in [0.25, 0.3) is 0 Å². The zero-order valence-electron chi connectivity index (χ0n) is 19.0.